The molecule has 0 aliphatic carbocycles. The van der Waals surface area contributed by atoms with Gasteiger partial charge in [0.15, 0.2) is 11.0 Å². The smallest absolute Gasteiger partial charge is 0.341 e. The highest BCUT2D eigenvalue weighted by Crippen LogP contribution is 2.40. The van der Waals surface area contributed by atoms with Crippen LogP contribution in [0.15, 0.2) is 59.8 Å². The summed E-state index contributed by atoms with van der Waals surface area (Å²) >= 11 is 2.61. The zero-order valence-electron chi connectivity index (χ0n) is 20.4. The van der Waals surface area contributed by atoms with E-state index in [0.29, 0.717) is 21.5 Å². The number of amides is 1. The van der Waals surface area contributed by atoms with Crippen molar-refractivity contribution in [3.63, 3.8) is 0 Å². The number of aryl methyl sites for hydroxylation is 2. The van der Waals surface area contributed by atoms with Gasteiger partial charge in [-0.15, -0.1) is 21.5 Å². The van der Waals surface area contributed by atoms with Gasteiger partial charge in [0, 0.05) is 17.5 Å². The van der Waals surface area contributed by atoms with Crippen molar-refractivity contribution in [3.8, 4) is 16.9 Å². The van der Waals surface area contributed by atoms with E-state index in [4.69, 9.17) is 9.47 Å². The van der Waals surface area contributed by atoms with Gasteiger partial charge in [-0.1, -0.05) is 54.2 Å². The number of rotatable bonds is 9. The zero-order chi connectivity index (χ0) is 25.7. The lowest BCUT2D eigenvalue weighted by Crippen LogP contribution is -2.16. The maximum absolute atomic E-state index is 12.8. The molecule has 0 saturated heterocycles. The molecule has 2 aromatic carbocycles. The second-order valence-corrected chi connectivity index (χ2v) is 10.2. The summed E-state index contributed by atoms with van der Waals surface area (Å²) in [6, 6.07) is 17.4. The zero-order valence-corrected chi connectivity index (χ0v) is 22.0. The van der Waals surface area contributed by atoms with Crippen LogP contribution in [-0.2, 0) is 23.2 Å². The largest absolute Gasteiger partial charge is 0.486 e. The lowest BCUT2D eigenvalue weighted by Gasteiger charge is -2.08. The van der Waals surface area contributed by atoms with Gasteiger partial charge in [-0.3, -0.25) is 4.79 Å². The Kier molecular flexibility index (Phi) is 8.07. The molecule has 2 aromatic heterocycles. The molecule has 186 valence electrons. The summed E-state index contributed by atoms with van der Waals surface area (Å²) in [6.07, 6.45) is 0. The van der Waals surface area contributed by atoms with Crippen LogP contribution in [0.25, 0.3) is 11.1 Å². The highest BCUT2D eigenvalue weighted by Gasteiger charge is 2.25. The van der Waals surface area contributed by atoms with Crippen LogP contribution in [-0.4, -0.2) is 39.5 Å². The molecular formula is C26H26N4O4S2. The van der Waals surface area contributed by atoms with E-state index < -0.39 is 5.97 Å². The van der Waals surface area contributed by atoms with Gasteiger partial charge in [-0.05, 0) is 37.1 Å². The first-order chi connectivity index (χ1) is 17.4. The van der Waals surface area contributed by atoms with Crippen LogP contribution in [0.2, 0.25) is 0 Å². The van der Waals surface area contributed by atoms with Gasteiger partial charge >= 0.3 is 5.97 Å². The van der Waals surface area contributed by atoms with Gasteiger partial charge in [0.25, 0.3) is 0 Å². The highest BCUT2D eigenvalue weighted by molar-refractivity contribution is 7.99. The summed E-state index contributed by atoms with van der Waals surface area (Å²) < 4.78 is 12.6. The lowest BCUT2D eigenvalue weighted by atomic mass is 10.0. The van der Waals surface area contributed by atoms with E-state index in [0.717, 1.165) is 27.3 Å². The van der Waals surface area contributed by atoms with Gasteiger partial charge in [-0.25, -0.2) is 4.79 Å². The molecule has 8 nitrogen and oxygen atoms in total. The van der Waals surface area contributed by atoms with Crippen molar-refractivity contribution >= 4 is 40.0 Å². The SMILES string of the molecule is COC(=O)c1c(NC(=O)CSc2nnc(COc3cccc(C)c3)n2C)sc(C)c1-c1ccccc1. The molecule has 4 rings (SSSR count). The van der Waals surface area contributed by atoms with Gasteiger partial charge in [-0.2, -0.15) is 0 Å². The second-order valence-electron chi connectivity index (χ2n) is 7.99. The summed E-state index contributed by atoms with van der Waals surface area (Å²) in [5.41, 5.74) is 3.13. The van der Waals surface area contributed by atoms with Crippen molar-refractivity contribution < 1.29 is 19.1 Å². The number of thioether (sulfide) groups is 1. The van der Waals surface area contributed by atoms with Crippen molar-refractivity contribution in [2.75, 3.05) is 18.2 Å². The van der Waals surface area contributed by atoms with Crippen LogP contribution in [0.4, 0.5) is 5.00 Å². The molecule has 0 spiro atoms. The predicted octanol–water partition coefficient (Wildman–Crippen LogP) is 5.26. The molecule has 1 amide bonds. The van der Waals surface area contributed by atoms with E-state index in [2.05, 4.69) is 15.5 Å². The third-order valence-corrected chi connectivity index (χ3v) is 7.44. The Labute approximate surface area is 217 Å². The van der Waals surface area contributed by atoms with Crippen LogP contribution in [0.3, 0.4) is 0 Å². The average molecular weight is 523 g/mol. The third-order valence-electron chi connectivity index (χ3n) is 5.40. The number of benzene rings is 2. The van der Waals surface area contributed by atoms with Crippen molar-refractivity contribution in [2.45, 2.75) is 25.6 Å². The minimum absolute atomic E-state index is 0.100. The van der Waals surface area contributed by atoms with Gasteiger partial charge < -0.3 is 19.4 Å². The minimum atomic E-state index is -0.493. The Morgan fingerprint density at radius 3 is 2.58 bits per heavy atom. The summed E-state index contributed by atoms with van der Waals surface area (Å²) in [4.78, 5) is 26.3. The van der Waals surface area contributed by atoms with Crippen LogP contribution < -0.4 is 10.1 Å². The van der Waals surface area contributed by atoms with Gasteiger partial charge in [0.1, 0.15) is 22.9 Å². The standard InChI is InChI=1S/C26H26N4O4S2/c1-16-9-8-12-19(13-16)34-14-20-28-29-26(30(20)3)35-15-21(31)27-24-23(25(32)33-4)22(17(2)36-24)18-10-6-5-7-11-18/h5-13H,14-15H2,1-4H3,(H,27,31). The predicted molar refractivity (Wildman–Crippen MR) is 142 cm³/mol. The number of ether oxygens (including phenoxy) is 2. The van der Waals surface area contributed by atoms with E-state index in [1.807, 2.05) is 75.5 Å². The first-order valence-electron chi connectivity index (χ1n) is 11.1. The quantitative estimate of drug-likeness (QED) is 0.237. The molecule has 1 N–H and O–H groups in total. The first-order valence-corrected chi connectivity index (χ1v) is 12.9. The number of hydrogen-bond donors (Lipinski definition) is 1. The Morgan fingerprint density at radius 1 is 1.08 bits per heavy atom. The Bertz CT molecular complexity index is 1380. The Hall–Kier alpha value is -3.63. The first kappa shape index (κ1) is 25.5. The number of anilines is 1. The molecule has 0 saturated carbocycles. The fraction of sp³-hybridized carbons (Fsp3) is 0.231. The normalized spacial score (nSPS) is 10.8. The molecule has 0 radical (unpaired) electrons. The Morgan fingerprint density at radius 2 is 1.86 bits per heavy atom. The van der Waals surface area contributed by atoms with E-state index >= 15 is 0 Å². The van der Waals surface area contributed by atoms with Crippen molar-refractivity contribution in [1.82, 2.24) is 14.8 Å². The average Bonchev–Trinajstić information content (AvgIpc) is 3.39. The number of methoxy groups -OCH3 is 1. The van der Waals surface area contributed by atoms with Crippen molar-refractivity contribution in [2.24, 2.45) is 7.05 Å². The molecule has 0 atom stereocenters. The number of nitrogens with one attached hydrogen (secondary N) is 1. The number of nitrogens with zero attached hydrogens (tertiary/aromatic N) is 3. The topological polar surface area (TPSA) is 95.3 Å². The summed E-state index contributed by atoms with van der Waals surface area (Å²) in [6.45, 7) is 4.19. The van der Waals surface area contributed by atoms with Crippen molar-refractivity contribution in [1.29, 1.82) is 0 Å². The molecular weight excluding hydrogens is 496 g/mol. The number of esters is 1. The maximum Gasteiger partial charge on any atom is 0.341 e. The van der Waals surface area contributed by atoms with Gasteiger partial charge in [0.05, 0.1) is 12.9 Å². The monoisotopic (exact) mass is 522 g/mol. The number of hydrogen-bond acceptors (Lipinski definition) is 8. The number of thiophene rings is 1. The molecule has 10 heteroatoms. The summed E-state index contributed by atoms with van der Waals surface area (Å²) in [5.74, 6) is 0.755. The highest BCUT2D eigenvalue weighted by atomic mass is 32.2. The van der Waals surface area contributed by atoms with E-state index in [1.54, 1.807) is 4.57 Å². The molecule has 0 fully saturated rings. The number of carbonyl (C=O) groups is 2. The van der Waals surface area contributed by atoms with Gasteiger partial charge in [0.2, 0.25) is 5.91 Å². The van der Waals surface area contributed by atoms with E-state index in [1.165, 1.54) is 30.2 Å². The molecule has 0 unspecified atom stereocenters. The van der Waals surface area contributed by atoms with Crippen LogP contribution in [0.5, 0.6) is 5.75 Å². The van der Waals surface area contributed by atoms with E-state index in [-0.39, 0.29) is 18.3 Å². The molecule has 4 aromatic rings. The fourth-order valence-corrected chi connectivity index (χ4v) is 5.43. The lowest BCUT2D eigenvalue weighted by molar-refractivity contribution is -0.113. The second kappa shape index (κ2) is 11.4. The number of aromatic nitrogens is 3. The minimum Gasteiger partial charge on any atom is -0.486 e. The fourth-order valence-electron chi connectivity index (χ4n) is 3.62. The summed E-state index contributed by atoms with van der Waals surface area (Å²) in [5, 5.41) is 12.3. The molecule has 36 heavy (non-hydrogen) atoms. The molecule has 0 aliphatic rings. The molecule has 0 bridgehead atoms. The van der Waals surface area contributed by atoms with E-state index in [9.17, 15) is 9.59 Å². The van der Waals surface area contributed by atoms with Crippen molar-refractivity contribution in [3.05, 3.63) is 76.4 Å². The maximum atomic E-state index is 12.8. The van der Waals surface area contributed by atoms with Crippen LogP contribution in [0.1, 0.15) is 26.6 Å². The summed E-state index contributed by atoms with van der Waals surface area (Å²) in [7, 11) is 3.17. The van der Waals surface area contributed by atoms with Crippen LogP contribution >= 0.6 is 23.1 Å². The molecule has 2 heterocycles. The van der Waals surface area contributed by atoms with Crippen LogP contribution in [0, 0.1) is 13.8 Å². The molecule has 0 aliphatic heterocycles. The number of carbonyl (C=O) groups excluding carboxylic acids is 2. The Balaban J connectivity index is 1.42. The third kappa shape index (κ3) is 5.77.